The molecule has 0 atom stereocenters. The minimum Gasteiger partial charge on any atom is -0.493 e. The van der Waals surface area contributed by atoms with E-state index < -0.39 is 6.61 Å². The van der Waals surface area contributed by atoms with Crippen LogP contribution in [-0.4, -0.2) is 26.7 Å². The molecule has 2 rings (SSSR count). The lowest BCUT2D eigenvalue weighted by Gasteiger charge is -2.14. The molecule has 0 unspecified atom stereocenters. The third-order valence-electron chi connectivity index (χ3n) is 3.48. The molecule has 0 radical (unpaired) electrons. The number of guanidine groups is 1. The summed E-state index contributed by atoms with van der Waals surface area (Å²) in [5.41, 5.74) is 1.47. The lowest BCUT2D eigenvalue weighted by molar-refractivity contribution is -0.0512. The molecule has 8 heteroatoms. The summed E-state index contributed by atoms with van der Waals surface area (Å²) >= 11 is 0. The number of rotatable bonds is 7. The van der Waals surface area contributed by atoms with Crippen LogP contribution in [0.1, 0.15) is 11.1 Å². The first kappa shape index (κ1) is 19.4. The van der Waals surface area contributed by atoms with E-state index in [-0.39, 0.29) is 17.3 Å². The smallest absolute Gasteiger partial charge is 0.387 e. The summed E-state index contributed by atoms with van der Waals surface area (Å²) in [5.74, 6) is 0.366. The van der Waals surface area contributed by atoms with Crippen molar-refractivity contribution in [3.63, 3.8) is 0 Å². The molecule has 0 bridgehead atoms. The van der Waals surface area contributed by atoms with Crippen molar-refractivity contribution in [1.82, 2.24) is 10.6 Å². The summed E-state index contributed by atoms with van der Waals surface area (Å²) in [7, 11) is 2.98. The molecule has 0 heterocycles. The highest BCUT2D eigenvalue weighted by molar-refractivity contribution is 5.79. The Kier molecular flexibility index (Phi) is 7.13. The number of hydrogen-bond acceptors (Lipinski definition) is 3. The van der Waals surface area contributed by atoms with Gasteiger partial charge in [-0.15, -0.1) is 0 Å². The summed E-state index contributed by atoms with van der Waals surface area (Å²) in [4.78, 5) is 4.07. The van der Waals surface area contributed by atoms with E-state index in [0.717, 1.165) is 5.56 Å². The van der Waals surface area contributed by atoms with Crippen LogP contribution in [0.2, 0.25) is 0 Å². The number of aliphatic imine (C=N–C) groups is 1. The zero-order chi connectivity index (χ0) is 18.9. The van der Waals surface area contributed by atoms with Gasteiger partial charge in [-0.3, -0.25) is 4.99 Å². The Morgan fingerprint density at radius 3 is 2.31 bits per heavy atom. The predicted octanol–water partition coefficient (Wildman–Crippen LogP) is 3.30. The molecular formula is C18H20F3N3O2. The Hall–Kier alpha value is -2.90. The van der Waals surface area contributed by atoms with E-state index in [1.54, 1.807) is 31.3 Å². The number of halogens is 3. The van der Waals surface area contributed by atoms with Gasteiger partial charge in [0.15, 0.2) is 17.5 Å². The molecular weight excluding hydrogens is 347 g/mol. The van der Waals surface area contributed by atoms with Gasteiger partial charge < -0.3 is 20.1 Å². The Labute approximate surface area is 149 Å². The summed E-state index contributed by atoms with van der Waals surface area (Å²) < 4.78 is 47.6. The molecule has 26 heavy (non-hydrogen) atoms. The monoisotopic (exact) mass is 367 g/mol. The van der Waals surface area contributed by atoms with Gasteiger partial charge in [0.25, 0.3) is 0 Å². The van der Waals surface area contributed by atoms with Gasteiger partial charge in [0.1, 0.15) is 5.82 Å². The molecule has 0 amide bonds. The van der Waals surface area contributed by atoms with Crippen molar-refractivity contribution in [3.8, 4) is 11.5 Å². The zero-order valence-electron chi connectivity index (χ0n) is 14.4. The number of ether oxygens (including phenoxy) is 2. The van der Waals surface area contributed by atoms with Gasteiger partial charge in [-0.2, -0.15) is 8.78 Å². The van der Waals surface area contributed by atoms with Crippen molar-refractivity contribution < 1.29 is 22.6 Å². The van der Waals surface area contributed by atoms with Crippen LogP contribution in [0.5, 0.6) is 11.5 Å². The lowest BCUT2D eigenvalue weighted by atomic mass is 10.2. The number of benzene rings is 2. The molecule has 0 spiro atoms. The first-order valence-corrected chi connectivity index (χ1v) is 7.82. The molecule has 0 saturated carbocycles. The molecule has 2 aromatic carbocycles. The van der Waals surface area contributed by atoms with Crippen LogP contribution in [0.4, 0.5) is 13.2 Å². The van der Waals surface area contributed by atoms with Crippen LogP contribution < -0.4 is 20.1 Å². The highest BCUT2D eigenvalue weighted by Gasteiger charge is 2.11. The quantitative estimate of drug-likeness (QED) is 0.582. The molecule has 0 saturated heterocycles. The summed E-state index contributed by atoms with van der Waals surface area (Å²) in [6, 6.07) is 11.0. The maximum absolute atomic E-state index is 13.2. The summed E-state index contributed by atoms with van der Waals surface area (Å²) in [5, 5.41) is 6.10. The van der Waals surface area contributed by atoms with Crippen LogP contribution in [0, 0.1) is 5.82 Å². The first-order chi connectivity index (χ1) is 12.5. The molecule has 2 N–H and O–H groups in total. The van der Waals surface area contributed by atoms with Gasteiger partial charge in [0.2, 0.25) is 0 Å². The maximum Gasteiger partial charge on any atom is 0.387 e. The highest BCUT2D eigenvalue weighted by Crippen LogP contribution is 2.29. The summed E-state index contributed by atoms with van der Waals surface area (Å²) in [6.07, 6.45) is 0. The Balaban J connectivity index is 1.95. The number of hydrogen-bond donors (Lipinski definition) is 2. The van der Waals surface area contributed by atoms with Crippen LogP contribution in [0.3, 0.4) is 0 Å². The average molecular weight is 367 g/mol. The minimum atomic E-state index is -2.94. The maximum atomic E-state index is 13.2. The molecule has 0 fully saturated rings. The van der Waals surface area contributed by atoms with Crippen LogP contribution in [0.15, 0.2) is 47.5 Å². The predicted molar refractivity (Wildman–Crippen MR) is 93.1 cm³/mol. The van der Waals surface area contributed by atoms with E-state index in [1.165, 1.54) is 25.3 Å². The van der Waals surface area contributed by atoms with Crippen LogP contribution in [-0.2, 0) is 13.1 Å². The topological polar surface area (TPSA) is 54.9 Å². The van der Waals surface area contributed by atoms with E-state index in [9.17, 15) is 13.2 Å². The number of nitrogens with zero attached hydrogens (tertiary/aromatic N) is 1. The van der Waals surface area contributed by atoms with Gasteiger partial charge >= 0.3 is 6.61 Å². The van der Waals surface area contributed by atoms with E-state index in [1.807, 2.05) is 0 Å². The summed E-state index contributed by atoms with van der Waals surface area (Å²) in [6.45, 7) is -2.22. The molecule has 0 aliphatic carbocycles. The number of methoxy groups -OCH3 is 1. The fraction of sp³-hybridized carbons (Fsp3) is 0.278. The second-order valence-electron chi connectivity index (χ2n) is 5.27. The normalized spacial score (nSPS) is 11.4. The van der Waals surface area contributed by atoms with E-state index in [0.29, 0.717) is 24.6 Å². The molecule has 2 aromatic rings. The van der Waals surface area contributed by atoms with Gasteiger partial charge in [-0.05, 0) is 35.4 Å². The van der Waals surface area contributed by atoms with Gasteiger partial charge in [0, 0.05) is 20.1 Å². The van der Waals surface area contributed by atoms with Crippen molar-refractivity contribution in [2.75, 3.05) is 14.2 Å². The molecule has 0 aromatic heterocycles. The molecule has 0 aliphatic rings. The standard InChI is InChI=1S/C18H20F3N3O2/c1-22-18(23-10-12-4-3-5-14(19)8-12)24-11-13-6-7-15(25-2)16(9-13)26-17(20)21/h3-9,17H,10-11H2,1-2H3,(H2,22,23,24). The fourth-order valence-corrected chi connectivity index (χ4v) is 2.26. The lowest BCUT2D eigenvalue weighted by Crippen LogP contribution is -2.36. The van der Waals surface area contributed by atoms with Crippen molar-refractivity contribution in [1.29, 1.82) is 0 Å². The van der Waals surface area contributed by atoms with E-state index >= 15 is 0 Å². The van der Waals surface area contributed by atoms with Crippen molar-refractivity contribution in [3.05, 3.63) is 59.4 Å². The zero-order valence-corrected chi connectivity index (χ0v) is 14.4. The van der Waals surface area contributed by atoms with E-state index in [4.69, 9.17) is 4.74 Å². The average Bonchev–Trinajstić information content (AvgIpc) is 2.61. The number of alkyl halides is 2. The SMILES string of the molecule is CN=C(NCc1cccc(F)c1)NCc1ccc(OC)c(OC(F)F)c1. The van der Waals surface area contributed by atoms with Crippen molar-refractivity contribution >= 4 is 5.96 Å². The van der Waals surface area contributed by atoms with Crippen LogP contribution >= 0.6 is 0 Å². The largest absolute Gasteiger partial charge is 0.493 e. The Morgan fingerprint density at radius 2 is 1.73 bits per heavy atom. The Bertz CT molecular complexity index is 754. The van der Waals surface area contributed by atoms with Gasteiger partial charge in [-0.25, -0.2) is 4.39 Å². The fourth-order valence-electron chi connectivity index (χ4n) is 2.26. The molecule has 5 nitrogen and oxygen atoms in total. The van der Waals surface area contributed by atoms with Gasteiger partial charge in [-0.1, -0.05) is 18.2 Å². The second-order valence-corrected chi connectivity index (χ2v) is 5.27. The first-order valence-electron chi connectivity index (χ1n) is 7.82. The van der Waals surface area contributed by atoms with E-state index in [2.05, 4.69) is 20.4 Å². The second kappa shape index (κ2) is 9.55. The number of nitrogens with one attached hydrogen (secondary N) is 2. The molecule has 0 aliphatic heterocycles. The third kappa shape index (κ3) is 5.87. The van der Waals surface area contributed by atoms with Crippen molar-refractivity contribution in [2.24, 2.45) is 4.99 Å². The van der Waals surface area contributed by atoms with Gasteiger partial charge in [0.05, 0.1) is 7.11 Å². The highest BCUT2D eigenvalue weighted by atomic mass is 19.3. The Morgan fingerprint density at radius 1 is 1.04 bits per heavy atom. The third-order valence-corrected chi connectivity index (χ3v) is 3.48. The minimum absolute atomic E-state index is 0.0375. The van der Waals surface area contributed by atoms with Crippen LogP contribution in [0.25, 0.3) is 0 Å². The molecule has 140 valence electrons. The van der Waals surface area contributed by atoms with Crippen molar-refractivity contribution in [2.45, 2.75) is 19.7 Å².